The van der Waals surface area contributed by atoms with Gasteiger partial charge in [0.2, 0.25) is 0 Å². The molecule has 4 nitrogen and oxygen atoms in total. The minimum Gasteiger partial charge on any atom is -0.399 e. The van der Waals surface area contributed by atoms with Crippen molar-refractivity contribution in [2.75, 3.05) is 22.9 Å². The Bertz CT molecular complexity index is 1000. The largest absolute Gasteiger partial charge is 0.399 e. The van der Waals surface area contributed by atoms with Gasteiger partial charge in [-0.25, -0.2) is 0 Å². The van der Waals surface area contributed by atoms with Gasteiger partial charge >= 0.3 is 0 Å². The molecule has 0 saturated heterocycles. The second-order valence-corrected chi connectivity index (χ2v) is 6.55. The first kappa shape index (κ1) is 15.8. The van der Waals surface area contributed by atoms with Crippen LogP contribution in [0.25, 0.3) is 33.0 Å². The molecule has 0 fully saturated rings. The fourth-order valence-corrected chi connectivity index (χ4v) is 3.29. The monoisotopic (exact) mass is 340 g/mol. The van der Waals surface area contributed by atoms with E-state index in [2.05, 4.69) is 36.4 Å². The van der Waals surface area contributed by atoms with E-state index in [-0.39, 0.29) is 0 Å². The van der Waals surface area contributed by atoms with Crippen LogP contribution in [0.15, 0.2) is 72.8 Å². The van der Waals surface area contributed by atoms with Gasteiger partial charge in [0, 0.05) is 22.7 Å². The van der Waals surface area contributed by atoms with Crippen LogP contribution in [0.2, 0.25) is 0 Å². The molecule has 4 aromatic carbocycles. The molecule has 0 aliphatic rings. The van der Waals surface area contributed by atoms with E-state index >= 15 is 0 Å². The average molecular weight is 340 g/mol. The summed E-state index contributed by atoms with van der Waals surface area (Å²) in [6.07, 6.45) is 0. The van der Waals surface area contributed by atoms with E-state index in [4.69, 9.17) is 22.9 Å². The molecule has 0 aromatic heterocycles. The Hall–Kier alpha value is -3.66. The highest BCUT2D eigenvalue weighted by Gasteiger charge is 2.05. The predicted molar refractivity (Wildman–Crippen MR) is 112 cm³/mol. The van der Waals surface area contributed by atoms with Crippen molar-refractivity contribution in [2.45, 2.75) is 0 Å². The molecule has 26 heavy (non-hydrogen) atoms. The molecule has 0 amide bonds. The standard InChI is InChI=1S/C22H20N4/c23-19-7-17(8-20(24)11-19)15-3-1-13-5-16(4-2-14(13)6-15)18-9-21(25)12-22(26)10-18/h1-12H,23-26H2. The van der Waals surface area contributed by atoms with Crippen molar-refractivity contribution in [3.05, 3.63) is 72.8 Å². The Labute approximate surface area is 152 Å². The van der Waals surface area contributed by atoms with Crippen LogP contribution in [-0.4, -0.2) is 0 Å². The summed E-state index contributed by atoms with van der Waals surface area (Å²) < 4.78 is 0. The normalized spacial score (nSPS) is 10.9. The molecule has 128 valence electrons. The van der Waals surface area contributed by atoms with Gasteiger partial charge in [0.15, 0.2) is 0 Å². The Morgan fingerprint density at radius 2 is 0.692 bits per heavy atom. The molecule has 4 rings (SSSR count). The first-order valence-electron chi connectivity index (χ1n) is 8.34. The second kappa shape index (κ2) is 6.01. The number of benzene rings is 4. The van der Waals surface area contributed by atoms with Gasteiger partial charge in [-0.05, 0) is 81.6 Å². The maximum absolute atomic E-state index is 5.92. The lowest BCUT2D eigenvalue weighted by atomic mass is 9.97. The molecule has 4 heteroatoms. The van der Waals surface area contributed by atoms with Crippen LogP contribution >= 0.6 is 0 Å². The number of hydrogen-bond acceptors (Lipinski definition) is 4. The van der Waals surface area contributed by atoms with Crippen LogP contribution in [0.3, 0.4) is 0 Å². The van der Waals surface area contributed by atoms with E-state index in [0.29, 0.717) is 22.7 Å². The molecular formula is C22H20N4. The Morgan fingerprint density at radius 1 is 0.346 bits per heavy atom. The van der Waals surface area contributed by atoms with E-state index in [0.717, 1.165) is 33.0 Å². The van der Waals surface area contributed by atoms with E-state index in [1.165, 1.54) is 0 Å². The topological polar surface area (TPSA) is 104 Å². The van der Waals surface area contributed by atoms with E-state index in [9.17, 15) is 0 Å². The second-order valence-electron chi connectivity index (χ2n) is 6.55. The summed E-state index contributed by atoms with van der Waals surface area (Å²) in [4.78, 5) is 0. The Kier molecular flexibility index (Phi) is 3.66. The summed E-state index contributed by atoms with van der Waals surface area (Å²) in [5, 5.41) is 2.29. The van der Waals surface area contributed by atoms with Crippen molar-refractivity contribution in [1.82, 2.24) is 0 Å². The van der Waals surface area contributed by atoms with Crippen molar-refractivity contribution in [3.8, 4) is 22.3 Å². The highest BCUT2D eigenvalue weighted by atomic mass is 14.6. The average Bonchev–Trinajstić information content (AvgIpc) is 2.59. The van der Waals surface area contributed by atoms with Gasteiger partial charge in [0.25, 0.3) is 0 Å². The summed E-state index contributed by atoms with van der Waals surface area (Å²) in [5.41, 5.74) is 30.5. The molecule has 0 radical (unpaired) electrons. The minimum absolute atomic E-state index is 0.662. The first-order valence-corrected chi connectivity index (χ1v) is 8.34. The zero-order valence-corrected chi connectivity index (χ0v) is 14.2. The van der Waals surface area contributed by atoms with Crippen LogP contribution in [-0.2, 0) is 0 Å². The predicted octanol–water partition coefficient (Wildman–Crippen LogP) is 4.50. The maximum Gasteiger partial charge on any atom is 0.0340 e. The summed E-state index contributed by atoms with van der Waals surface area (Å²) in [6, 6.07) is 23.9. The molecule has 8 N–H and O–H groups in total. The number of rotatable bonds is 2. The molecule has 0 saturated carbocycles. The lowest BCUT2D eigenvalue weighted by molar-refractivity contribution is 1.61. The molecule has 0 aliphatic heterocycles. The molecule has 0 unspecified atom stereocenters. The molecular weight excluding hydrogens is 320 g/mol. The fraction of sp³-hybridized carbons (Fsp3) is 0. The lowest BCUT2D eigenvalue weighted by Gasteiger charge is -2.09. The summed E-state index contributed by atoms with van der Waals surface area (Å²) in [5.74, 6) is 0. The van der Waals surface area contributed by atoms with Crippen molar-refractivity contribution >= 4 is 33.5 Å². The molecule has 0 spiro atoms. The van der Waals surface area contributed by atoms with Crippen molar-refractivity contribution < 1.29 is 0 Å². The zero-order valence-electron chi connectivity index (χ0n) is 14.2. The number of anilines is 4. The molecule has 0 bridgehead atoms. The Morgan fingerprint density at radius 3 is 1.04 bits per heavy atom. The van der Waals surface area contributed by atoms with Gasteiger partial charge < -0.3 is 22.9 Å². The van der Waals surface area contributed by atoms with Crippen LogP contribution in [0.1, 0.15) is 0 Å². The number of nitrogen functional groups attached to an aromatic ring is 4. The Balaban J connectivity index is 1.79. The highest BCUT2D eigenvalue weighted by Crippen LogP contribution is 2.31. The van der Waals surface area contributed by atoms with Gasteiger partial charge in [0.05, 0.1) is 0 Å². The number of fused-ring (bicyclic) bond motifs is 1. The van der Waals surface area contributed by atoms with Gasteiger partial charge in [-0.15, -0.1) is 0 Å². The van der Waals surface area contributed by atoms with Gasteiger partial charge in [0.1, 0.15) is 0 Å². The molecule has 0 aliphatic carbocycles. The third-order valence-electron chi connectivity index (χ3n) is 4.46. The highest BCUT2D eigenvalue weighted by molar-refractivity contribution is 5.91. The third-order valence-corrected chi connectivity index (χ3v) is 4.46. The maximum atomic E-state index is 5.92. The summed E-state index contributed by atoms with van der Waals surface area (Å²) >= 11 is 0. The van der Waals surface area contributed by atoms with Crippen LogP contribution < -0.4 is 22.9 Å². The molecule has 0 heterocycles. The van der Waals surface area contributed by atoms with Gasteiger partial charge in [-0.3, -0.25) is 0 Å². The van der Waals surface area contributed by atoms with Gasteiger partial charge in [-0.2, -0.15) is 0 Å². The molecule has 4 aromatic rings. The van der Waals surface area contributed by atoms with Crippen molar-refractivity contribution in [2.24, 2.45) is 0 Å². The number of nitrogens with two attached hydrogens (primary N) is 4. The van der Waals surface area contributed by atoms with Gasteiger partial charge in [-0.1, -0.05) is 24.3 Å². The zero-order chi connectivity index (χ0) is 18.3. The number of hydrogen-bond donors (Lipinski definition) is 4. The van der Waals surface area contributed by atoms with Crippen LogP contribution in [0, 0.1) is 0 Å². The SMILES string of the molecule is Nc1cc(N)cc(-c2ccc3cc(-c4cc(N)cc(N)c4)ccc3c2)c1. The van der Waals surface area contributed by atoms with E-state index in [1.54, 1.807) is 12.1 Å². The van der Waals surface area contributed by atoms with Crippen molar-refractivity contribution in [1.29, 1.82) is 0 Å². The van der Waals surface area contributed by atoms with Crippen molar-refractivity contribution in [3.63, 3.8) is 0 Å². The first-order chi connectivity index (χ1) is 12.5. The summed E-state index contributed by atoms with van der Waals surface area (Å²) in [6.45, 7) is 0. The quantitative estimate of drug-likeness (QED) is 0.403. The van der Waals surface area contributed by atoms with Crippen LogP contribution in [0.5, 0.6) is 0 Å². The third kappa shape index (κ3) is 3.00. The smallest absolute Gasteiger partial charge is 0.0340 e. The van der Waals surface area contributed by atoms with E-state index < -0.39 is 0 Å². The summed E-state index contributed by atoms with van der Waals surface area (Å²) in [7, 11) is 0. The molecule has 0 atom stereocenters. The minimum atomic E-state index is 0.662. The fourth-order valence-electron chi connectivity index (χ4n) is 3.29. The van der Waals surface area contributed by atoms with E-state index in [1.807, 2.05) is 24.3 Å². The van der Waals surface area contributed by atoms with Crippen LogP contribution in [0.4, 0.5) is 22.7 Å². The lowest BCUT2D eigenvalue weighted by Crippen LogP contribution is -1.92.